The van der Waals surface area contributed by atoms with Gasteiger partial charge >= 0.3 is 0 Å². The van der Waals surface area contributed by atoms with Crippen molar-refractivity contribution in [3.63, 3.8) is 0 Å². The maximum absolute atomic E-state index is 13.1. The van der Waals surface area contributed by atoms with Crippen LogP contribution in [-0.2, 0) is 4.79 Å². The van der Waals surface area contributed by atoms with Gasteiger partial charge in [0, 0.05) is 25.0 Å². The highest BCUT2D eigenvalue weighted by molar-refractivity contribution is 5.80. The minimum atomic E-state index is 0.00768. The number of nitrogens with two attached hydrogens (primary N) is 1. The highest BCUT2D eigenvalue weighted by Crippen LogP contribution is 2.45. The smallest absolute Gasteiger partial charge is 0.226 e. The lowest BCUT2D eigenvalue weighted by Crippen LogP contribution is -2.53. The highest BCUT2D eigenvalue weighted by atomic mass is 16.2. The van der Waals surface area contributed by atoms with E-state index in [1.807, 2.05) is 7.05 Å². The molecule has 3 nitrogen and oxygen atoms in total. The molecule has 0 aromatic heterocycles. The summed E-state index contributed by atoms with van der Waals surface area (Å²) >= 11 is 0. The molecule has 0 aromatic carbocycles. The van der Waals surface area contributed by atoms with Crippen molar-refractivity contribution in [1.82, 2.24) is 4.90 Å². The summed E-state index contributed by atoms with van der Waals surface area (Å²) in [5.41, 5.74) is 6.24. The van der Waals surface area contributed by atoms with Gasteiger partial charge < -0.3 is 10.6 Å². The van der Waals surface area contributed by atoms with Crippen LogP contribution in [0.2, 0.25) is 0 Å². The molecule has 0 aromatic rings. The lowest BCUT2D eigenvalue weighted by molar-refractivity contribution is -0.144. The molecule has 2 aliphatic rings. The Morgan fingerprint density at radius 2 is 1.62 bits per heavy atom. The van der Waals surface area contributed by atoms with E-state index in [4.69, 9.17) is 5.73 Å². The molecule has 0 spiro atoms. The molecule has 3 unspecified atom stereocenters. The normalized spacial score (nSPS) is 34.2. The van der Waals surface area contributed by atoms with Crippen molar-refractivity contribution in [3.05, 3.63) is 0 Å². The summed E-state index contributed by atoms with van der Waals surface area (Å²) in [4.78, 5) is 15.1. The summed E-state index contributed by atoms with van der Waals surface area (Å²) in [5, 5.41) is 0. The van der Waals surface area contributed by atoms with Crippen LogP contribution in [0.1, 0.15) is 72.1 Å². The third-order valence-corrected chi connectivity index (χ3v) is 6.52. The van der Waals surface area contributed by atoms with Gasteiger partial charge in [-0.05, 0) is 37.0 Å². The van der Waals surface area contributed by atoms with E-state index in [1.165, 1.54) is 38.5 Å². The van der Waals surface area contributed by atoms with Crippen LogP contribution in [0.5, 0.6) is 0 Å². The minimum Gasteiger partial charge on any atom is -0.343 e. The second kappa shape index (κ2) is 6.68. The molecule has 2 fully saturated rings. The largest absolute Gasteiger partial charge is 0.343 e. The van der Waals surface area contributed by atoms with Gasteiger partial charge in [-0.2, -0.15) is 0 Å². The van der Waals surface area contributed by atoms with Gasteiger partial charge in [-0.1, -0.05) is 46.5 Å². The van der Waals surface area contributed by atoms with E-state index in [9.17, 15) is 4.79 Å². The summed E-state index contributed by atoms with van der Waals surface area (Å²) in [6.45, 7) is 6.69. The number of rotatable bonds is 2. The Morgan fingerprint density at radius 3 is 2.19 bits per heavy atom. The van der Waals surface area contributed by atoms with E-state index in [0.717, 1.165) is 12.8 Å². The molecule has 0 aliphatic heterocycles. The summed E-state index contributed by atoms with van der Waals surface area (Å²) in [5.74, 6) is 0.911. The lowest BCUT2D eigenvalue weighted by Gasteiger charge is -2.47. The molecule has 2 N–H and O–H groups in total. The first-order valence-electron chi connectivity index (χ1n) is 8.88. The SMILES string of the molecule is CC1C(N)CCC(C(=O)N(C)C2CCCCCC2)C1(C)C. The fraction of sp³-hybridized carbons (Fsp3) is 0.944. The van der Waals surface area contributed by atoms with Crippen LogP contribution >= 0.6 is 0 Å². The molecule has 2 saturated carbocycles. The zero-order valence-electron chi connectivity index (χ0n) is 14.4. The second-order valence-electron chi connectivity index (χ2n) is 8.00. The molecular formula is C18H34N2O. The zero-order chi connectivity index (χ0) is 15.6. The number of amides is 1. The van der Waals surface area contributed by atoms with Crippen LogP contribution in [-0.4, -0.2) is 29.9 Å². The summed E-state index contributed by atoms with van der Waals surface area (Å²) in [6, 6.07) is 0.703. The van der Waals surface area contributed by atoms with E-state index in [-0.39, 0.29) is 17.4 Å². The molecule has 0 heterocycles. The van der Waals surface area contributed by atoms with Crippen molar-refractivity contribution < 1.29 is 4.79 Å². The Bertz CT molecular complexity index is 358. The third-order valence-electron chi connectivity index (χ3n) is 6.52. The molecule has 21 heavy (non-hydrogen) atoms. The molecule has 0 saturated heterocycles. The van der Waals surface area contributed by atoms with Crippen LogP contribution in [0.25, 0.3) is 0 Å². The van der Waals surface area contributed by atoms with Crippen LogP contribution in [0.4, 0.5) is 0 Å². The van der Waals surface area contributed by atoms with Gasteiger partial charge in [0.2, 0.25) is 5.91 Å². The van der Waals surface area contributed by atoms with Gasteiger partial charge in [-0.25, -0.2) is 0 Å². The Kier molecular flexibility index (Phi) is 5.34. The zero-order valence-corrected chi connectivity index (χ0v) is 14.4. The Hall–Kier alpha value is -0.570. The fourth-order valence-corrected chi connectivity index (χ4v) is 4.36. The lowest BCUT2D eigenvalue weighted by atomic mass is 9.60. The van der Waals surface area contributed by atoms with Crippen molar-refractivity contribution >= 4 is 5.91 Å². The first-order chi connectivity index (χ1) is 9.85. The quantitative estimate of drug-likeness (QED) is 0.791. The van der Waals surface area contributed by atoms with Crippen LogP contribution < -0.4 is 5.73 Å². The molecule has 3 heteroatoms. The fourth-order valence-electron chi connectivity index (χ4n) is 4.36. The van der Waals surface area contributed by atoms with Crippen molar-refractivity contribution in [2.45, 2.75) is 84.2 Å². The molecule has 2 rings (SSSR count). The summed E-state index contributed by atoms with van der Waals surface area (Å²) in [6.07, 6.45) is 9.52. The van der Waals surface area contributed by atoms with E-state index in [1.54, 1.807) is 0 Å². The molecule has 0 radical (unpaired) electrons. The van der Waals surface area contributed by atoms with Crippen molar-refractivity contribution in [3.8, 4) is 0 Å². The summed E-state index contributed by atoms with van der Waals surface area (Å²) < 4.78 is 0. The molecule has 3 atom stereocenters. The third kappa shape index (κ3) is 3.44. The van der Waals surface area contributed by atoms with Gasteiger partial charge in [0.15, 0.2) is 0 Å². The number of hydrogen-bond donors (Lipinski definition) is 1. The van der Waals surface area contributed by atoms with E-state index < -0.39 is 0 Å². The maximum Gasteiger partial charge on any atom is 0.226 e. The Morgan fingerprint density at radius 1 is 1.05 bits per heavy atom. The van der Waals surface area contributed by atoms with E-state index in [2.05, 4.69) is 25.7 Å². The minimum absolute atomic E-state index is 0.00768. The standard InChI is InChI=1S/C18H34N2O/c1-13-16(19)12-11-15(18(13,2)3)17(21)20(4)14-9-7-5-6-8-10-14/h13-16H,5-12,19H2,1-4H3. The molecule has 2 aliphatic carbocycles. The number of carbonyl (C=O) groups excluding carboxylic acids is 1. The molecule has 0 bridgehead atoms. The molecule has 1 amide bonds. The molecule has 122 valence electrons. The van der Waals surface area contributed by atoms with Crippen LogP contribution in [0, 0.1) is 17.3 Å². The first kappa shape index (κ1) is 16.8. The van der Waals surface area contributed by atoms with Gasteiger partial charge in [0.25, 0.3) is 0 Å². The predicted octanol–water partition coefficient (Wildman–Crippen LogP) is 3.57. The van der Waals surface area contributed by atoms with Gasteiger partial charge in [-0.15, -0.1) is 0 Å². The first-order valence-corrected chi connectivity index (χ1v) is 8.88. The van der Waals surface area contributed by atoms with Gasteiger partial charge in [0.1, 0.15) is 0 Å². The summed E-state index contributed by atoms with van der Waals surface area (Å²) in [7, 11) is 2.04. The molecular weight excluding hydrogens is 260 g/mol. The number of carbonyl (C=O) groups is 1. The van der Waals surface area contributed by atoms with Crippen molar-refractivity contribution in [1.29, 1.82) is 0 Å². The van der Waals surface area contributed by atoms with Crippen molar-refractivity contribution in [2.75, 3.05) is 7.05 Å². The van der Waals surface area contributed by atoms with Crippen molar-refractivity contribution in [2.24, 2.45) is 23.0 Å². The number of hydrogen-bond acceptors (Lipinski definition) is 2. The van der Waals surface area contributed by atoms with Gasteiger partial charge in [-0.3, -0.25) is 4.79 Å². The maximum atomic E-state index is 13.1. The predicted molar refractivity (Wildman–Crippen MR) is 87.9 cm³/mol. The van der Waals surface area contributed by atoms with E-state index >= 15 is 0 Å². The Labute approximate surface area is 130 Å². The topological polar surface area (TPSA) is 46.3 Å². The highest BCUT2D eigenvalue weighted by Gasteiger charge is 2.46. The van der Waals surface area contributed by atoms with Crippen LogP contribution in [0.15, 0.2) is 0 Å². The van der Waals surface area contributed by atoms with Gasteiger partial charge in [0.05, 0.1) is 0 Å². The number of nitrogens with zero attached hydrogens (tertiary/aromatic N) is 1. The average Bonchev–Trinajstić information content (AvgIpc) is 2.72. The van der Waals surface area contributed by atoms with Crippen LogP contribution in [0.3, 0.4) is 0 Å². The second-order valence-corrected chi connectivity index (χ2v) is 8.00. The van der Waals surface area contributed by atoms with E-state index in [0.29, 0.717) is 17.9 Å². The Balaban J connectivity index is 2.07. The monoisotopic (exact) mass is 294 g/mol. The average molecular weight is 294 g/mol.